The number of nitrogens with one attached hydrogen (secondary N) is 2. The Labute approximate surface area is 174 Å². The quantitative estimate of drug-likeness (QED) is 0.476. The van der Waals surface area contributed by atoms with Crippen LogP contribution in [0.4, 0.5) is 0 Å². The number of hydrogen-bond acceptors (Lipinski definition) is 6. The zero-order valence-corrected chi connectivity index (χ0v) is 17.3. The van der Waals surface area contributed by atoms with Crippen LogP contribution in [0.25, 0.3) is 16.6 Å². The van der Waals surface area contributed by atoms with Gasteiger partial charge in [0.1, 0.15) is 10.5 Å². The molecule has 148 valence electrons. The van der Waals surface area contributed by atoms with Gasteiger partial charge in [0.05, 0.1) is 25.1 Å². The van der Waals surface area contributed by atoms with Crippen molar-refractivity contribution < 1.29 is 14.3 Å². The second-order valence-corrected chi connectivity index (χ2v) is 7.87. The third kappa shape index (κ3) is 3.39. The van der Waals surface area contributed by atoms with Crippen molar-refractivity contribution >= 4 is 46.0 Å². The molecule has 0 aliphatic heterocycles. The van der Waals surface area contributed by atoms with Gasteiger partial charge in [-0.3, -0.25) is 14.0 Å². The summed E-state index contributed by atoms with van der Waals surface area (Å²) >= 11 is 6.63. The minimum atomic E-state index is -0.342. The van der Waals surface area contributed by atoms with Crippen molar-refractivity contribution in [3.05, 3.63) is 67.2 Å². The van der Waals surface area contributed by atoms with E-state index in [2.05, 4.69) is 10.3 Å². The van der Waals surface area contributed by atoms with E-state index in [1.165, 1.54) is 14.2 Å². The number of benzene rings is 2. The van der Waals surface area contributed by atoms with Crippen LogP contribution in [0.15, 0.2) is 47.3 Å². The van der Waals surface area contributed by atoms with Crippen molar-refractivity contribution in [1.82, 2.24) is 14.7 Å². The highest BCUT2D eigenvalue weighted by atomic mass is 32.1. The number of amides is 1. The van der Waals surface area contributed by atoms with Crippen LogP contribution in [0.1, 0.15) is 15.2 Å². The molecule has 0 saturated heterocycles. The predicted octanol–water partition coefficient (Wildman–Crippen LogP) is 3.52. The molecule has 0 bridgehead atoms. The number of aromatic amines is 1. The number of hydrogen-bond donors (Lipinski definition) is 2. The molecule has 0 saturated carbocycles. The number of thiazole rings is 1. The maximum absolute atomic E-state index is 12.8. The Kier molecular flexibility index (Phi) is 5.08. The second-order valence-electron chi connectivity index (χ2n) is 6.23. The molecule has 0 aliphatic carbocycles. The molecule has 2 heterocycles. The molecule has 0 aliphatic rings. The number of fused-ring (bicyclic) bond motifs is 3. The van der Waals surface area contributed by atoms with E-state index >= 15 is 0 Å². The lowest BCUT2D eigenvalue weighted by atomic mass is 10.2. The van der Waals surface area contributed by atoms with E-state index in [0.717, 1.165) is 16.9 Å². The van der Waals surface area contributed by atoms with E-state index in [4.69, 9.17) is 21.7 Å². The van der Waals surface area contributed by atoms with Crippen LogP contribution in [-0.2, 0) is 6.54 Å². The van der Waals surface area contributed by atoms with Gasteiger partial charge < -0.3 is 19.8 Å². The van der Waals surface area contributed by atoms with Gasteiger partial charge in [-0.1, -0.05) is 41.7 Å². The van der Waals surface area contributed by atoms with Crippen molar-refractivity contribution in [3.63, 3.8) is 0 Å². The zero-order valence-electron chi connectivity index (χ0n) is 15.6. The first-order valence-electron chi connectivity index (χ1n) is 8.69. The van der Waals surface area contributed by atoms with Crippen molar-refractivity contribution in [2.75, 3.05) is 14.2 Å². The Hall–Kier alpha value is -3.17. The first-order chi connectivity index (χ1) is 14.0. The topological polar surface area (TPSA) is 84.8 Å². The summed E-state index contributed by atoms with van der Waals surface area (Å²) in [5, 5.41) is 3.26. The zero-order chi connectivity index (χ0) is 20.5. The van der Waals surface area contributed by atoms with Crippen molar-refractivity contribution in [1.29, 1.82) is 0 Å². The van der Waals surface area contributed by atoms with Crippen LogP contribution in [0.5, 0.6) is 11.5 Å². The van der Waals surface area contributed by atoms with E-state index < -0.39 is 0 Å². The molecule has 29 heavy (non-hydrogen) atoms. The summed E-state index contributed by atoms with van der Waals surface area (Å²) in [6, 6.07) is 12.9. The fourth-order valence-corrected chi connectivity index (χ4v) is 4.43. The number of methoxy groups -OCH3 is 2. The third-order valence-electron chi connectivity index (χ3n) is 4.53. The minimum Gasteiger partial charge on any atom is -0.493 e. The molecule has 0 atom stereocenters. The van der Waals surface area contributed by atoms with Gasteiger partial charge in [0.25, 0.3) is 11.5 Å². The first-order valence-corrected chi connectivity index (χ1v) is 9.91. The molecule has 9 heteroatoms. The fraction of sp³-hybridized carbons (Fsp3) is 0.150. The number of rotatable bonds is 5. The lowest BCUT2D eigenvalue weighted by molar-refractivity contribution is 0.0956. The maximum Gasteiger partial charge on any atom is 0.265 e. The highest BCUT2D eigenvalue weighted by Gasteiger charge is 2.19. The molecule has 4 aromatic rings. The lowest BCUT2D eigenvalue weighted by Crippen LogP contribution is -2.23. The van der Waals surface area contributed by atoms with Crippen LogP contribution < -0.4 is 20.3 Å². The molecule has 2 N–H and O–H groups in total. The Morgan fingerprint density at radius 1 is 1.17 bits per heavy atom. The number of H-pyrrole nitrogens is 1. The van der Waals surface area contributed by atoms with Gasteiger partial charge in [-0.05, 0) is 23.8 Å². The molecular formula is C20H17N3O4S2. The summed E-state index contributed by atoms with van der Waals surface area (Å²) in [4.78, 5) is 28.6. The number of carbonyl (C=O) groups is 1. The summed E-state index contributed by atoms with van der Waals surface area (Å²) in [5.41, 5.74) is 1.54. The van der Waals surface area contributed by atoms with Gasteiger partial charge in [-0.25, -0.2) is 0 Å². The Bertz CT molecular complexity index is 1340. The largest absolute Gasteiger partial charge is 0.493 e. The summed E-state index contributed by atoms with van der Waals surface area (Å²) < 4.78 is 12.8. The van der Waals surface area contributed by atoms with Gasteiger partial charge in [-0.15, -0.1) is 0 Å². The molecular weight excluding hydrogens is 410 g/mol. The highest BCUT2D eigenvalue weighted by Crippen LogP contribution is 2.32. The second kappa shape index (κ2) is 7.69. The minimum absolute atomic E-state index is 0.303. The molecule has 0 unspecified atom stereocenters. The van der Waals surface area contributed by atoms with Crippen LogP contribution >= 0.6 is 23.6 Å². The van der Waals surface area contributed by atoms with Crippen molar-refractivity contribution in [2.24, 2.45) is 0 Å². The molecule has 2 aromatic carbocycles. The molecule has 0 spiro atoms. The summed E-state index contributed by atoms with van der Waals surface area (Å²) in [6.07, 6.45) is 0. The standard InChI is InChI=1S/C20H17N3O4S2/c1-26-14-8-12-13(9-15(14)27-2)23-17(22-18(12)24)16(29-20(23)28)19(25)21-10-11-6-4-3-5-7-11/h3-9H,10H2,1-2H3,(H,21,25)(H,22,24). The fourth-order valence-electron chi connectivity index (χ4n) is 3.13. The SMILES string of the molecule is COc1cc2c(=O)[nH]c3c(C(=O)NCc4ccccc4)sc(=S)n3c2cc1OC. The Morgan fingerprint density at radius 2 is 1.86 bits per heavy atom. The summed E-state index contributed by atoms with van der Waals surface area (Å²) in [6.45, 7) is 0.374. The van der Waals surface area contributed by atoms with Crippen molar-refractivity contribution in [3.8, 4) is 11.5 Å². The molecule has 1 amide bonds. The maximum atomic E-state index is 12.8. The summed E-state index contributed by atoms with van der Waals surface area (Å²) in [7, 11) is 3.02. The van der Waals surface area contributed by atoms with Gasteiger partial charge in [-0.2, -0.15) is 0 Å². The van der Waals surface area contributed by atoms with Crippen LogP contribution in [-0.4, -0.2) is 29.5 Å². The van der Waals surface area contributed by atoms with E-state index in [9.17, 15) is 9.59 Å². The molecule has 2 aromatic heterocycles. The number of ether oxygens (including phenoxy) is 2. The average molecular weight is 428 g/mol. The van der Waals surface area contributed by atoms with Gasteiger partial charge in [0, 0.05) is 12.6 Å². The van der Waals surface area contributed by atoms with Crippen molar-refractivity contribution in [2.45, 2.75) is 6.54 Å². The van der Waals surface area contributed by atoms with Gasteiger partial charge >= 0.3 is 0 Å². The normalized spacial score (nSPS) is 11.0. The number of nitrogens with zero attached hydrogens (tertiary/aromatic N) is 1. The van der Waals surface area contributed by atoms with Crippen LogP contribution in [0.2, 0.25) is 0 Å². The van der Waals surface area contributed by atoms with E-state index in [0.29, 0.717) is 43.4 Å². The number of carbonyl (C=O) groups excluding carboxylic acids is 1. The van der Waals surface area contributed by atoms with Gasteiger partial charge in [0.15, 0.2) is 15.5 Å². The number of aromatic nitrogens is 2. The highest BCUT2D eigenvalue weighted by molar-refractivity contribution is 7.73. The molecule has 0 fully saturated rings. The van der Waals surface area contributed by atoms with Crippen LogP contribution in [0, 0.1) is 3.95 Å². The van der Waals surface area contributed by atoms with E-state index in [-0.39, 0.29) is 11.5 Å². The van der Waals surface area contributed by atoms with E-state index in [1.807, 2.05) is 30.3 Å². The smallest absolute Gasteiger partial charge is 0.265 e. The first kappa shape index (κ1) is 19.2. The lowest BCUT2D eigenvalue weighted by Gasteiger charge is -2.10. The Balaban J connectivity index is 1.84. The molecule has 7 nitrogen and oxygen atoms in total. The average Bonchev–Trinajstić information content (AvgIpc) is 3.08. The third-order valence-corrected chi connectivity index (χ3v) is 5.90. The molecule has 0 radical (unpaired) electrons. The van der Waals surface area contributed by atoms with Crippen LogP contribution in [0.3, 0.4) is 0 Å². The summed E-state index contributed by atoms with van der Waals surface area (Å²) in [5.74, 6) is 0.602. The Morgan fingerprint density at radius 3 is 2.55 bits per heavy atom. The van der Waals surface area contributed by atoms with E-state index in [1.54, 1.807) is 16.5 Å². The predicted molar refractivity (Wildman–Crippen MR) is 115 cm³/mol. The molecule has 4 rings (SSSR count). The monoisotopic (exact) mass is 427 g/mol. The van der Waals surface area contributed by atoms with Gasteiger partial charge in [0.2, 0.25) is 0 Å².